The van der Waals surface area contributed by atoms with Gasteiger partial charge in [-0.15, -0.1) is 0 Å². The van der Waals surface area contributed by atoms with E-state index in [9.17, 15) is 0 Å². The molecule has 0 N–H and O–H groups in total. The van der Waals surface area contributed by atoms with E-state index < -0.39 is 0 Å². The van der Waals surface area contributed by atoms with Crippen LogP contribution in [0.1, 0.15) is 32.1 Å². The molecular weight excluding hydrogens is 230 g/mol. The molecule has 4 heteroatoms. The van der Waals surface area contributed by atoms with Gasteiger partial charge in [-0.2, -0.15) is 0 Å². The van der Waals surface area contributed by atoms with E-state index in [-0.39, 0.29) is 0 Å². The molecule has 0 bridgehead atoms. The van der Waals surface area contributed by atoms with E-state index >= 15 is 0 Å². The molecule has 0 aromatic heterocycles. The molecule has 0 amide bonds. The molecule has 0 aromatic carbocycles. The first-order chi connectivity index (χ1) is 8.84. The lowest BCUT2D eigenvalue weighted by atomic mass is 10.1. The Kier molecular flexibility index (Phi) is 6.41. The second kappa shape index (κ2) is 8.10. The highest BCUT2D eigenvalue weighted by Crippen LogP contribution is 2.23. The third-order valence-electron chi connectivity index (χ3n) is 3.81. The zero-order valence-electron chi connectivity index (χ0n) is 11.6. The zero-order valence-corrected chi connectivity index (χ0v) is 11.6. The van der Waals surface area contributed by atoms with Gasteiger partial charge in [0.1, 0.15) is 0 Å². The molecule has 0 aromatic rings. The Hall–Kier alpha value is -0.160. The molecule has 106 valence electrons. The maximum Gasteiger partial charge on any atom is 0.0600 e. The average Bonchev–Trinajstić information content (AvgIpc) is 3.05. The molecule has 0 aliphatic carbocycles. The first-order valence-electron chi connectivity index (χ1n) is 7.34. The summed E-state index contributed by atoms with van der Waals surface area (Å²) in [7, 11) is 2.11. The summed E-state index contributed by atoms with van der Waals surface area (Å²) in [5.74, 6) is 0. The number of ether oxygens (including phenoxy) is 3. The first-order valence-corrected chi connectivity index (χ1v) is 7.34. The monoisotopic (exact) mass is 257 g/mol. The highest BCUT2D eigenvalue weighted by atomic mass is 16.5. The van der Waals surface area contributed by atoms with Gasteiger partial charge in [0.25, 0.3) is 0 Å². The van der Waals surface area contributed by atoms with Crippen molar-refractivity contribution >= 4 is 0 Å². The molecule has 2 unspecified atom stereocenters. The van der Waals surface area contributed by atoms with E-state index in [4.69, 9.17) is 14.2 Å². The SMILES string of the molecule is C1COC(CC2CCCO2)C1.CN1CCOCC1. The largest absolute Gasteiger partial charge is 0.379 e. The summed E-state index contributed by atoms with van der Waals surface area (Å²) in [6.07, 6.45) is 7.16. The maximum absolute atomic E-state index is 5.53. The van der Waals surface area contributed by atoms with E-state index in [1.165, 1.54) is 25.7 Å². The van der Waals surface area contributed by atoms with Crippen LogP contribution in [0.3, 0.4) is 0 Å². The van der Waals surface area contributed by atoms with Crippen LogP contribution >= 0.6 is 0 Å². The van der Waals surface area contributed by atoms with Gasteiger partial charge in [-0.25, -0.2) is 0 Å². The van der Waals surface area contributed by atoms with Crippen LogP contribution in [0.5, 0.6) is 0 Å². The lowest BCUT2D eigenvalue weighted by Gasteiger charge is -2.21. The molecule has 3 rings (SSSR count). The van der Waals surface area contributed by atoms with Gasteiger partial charge in [-0.1, -0.05) is 0 Å². The summed E-state index contributed by atoms with van der Waals surface area (Å²) in [4.78, 5) is 2.27. The summed E-state index contributed by atoms with van der Waals surface area (Å²) in [5.41, 5.74) is 0. The highest BCUT2D eigenvalue weighted by Gasteiger charge is 2.23. The molecule has 3 aliphatic heterocycles. The van der Waals surface area contributed by atoms with Crippen LogP contribution < -0.4 is 0 Å². The molecule has 0 saturated carbocycles. The van der Waals surface area contributed by atoms with Crippen molar-refractivity contribution < 1.29 is 14.2 Å². The molecule has 3 fully saturated rings. The van der Waals surface area contributed by atoms with Gasteiger partial charge in [-0.05, 0) is 39.2 Å². The molecule has 2 atom stereocenters. The maximum atomic E-state index is 5.53. The van der Waals surface area contributed by atoms with Gasteiger partial charge in [0.05, 0.1) is 25.4 Å². The van der Waals surface area contributed by atoms with Crippen LogP contribution in [-0.2, 0) is 14.2 Å². The minimum atomic E-state index is 0.512. The standard InChI is InChI=1S/C9H16O2.C5H11NO/c1-3-8(10-5-1)7-9-4-2-6-11-9;1-6-2-4-7-5-3-6/h8-9H,1-7H2;2-5H2,1H3. The molecule has 18 heavy (non-hydrogen) atoms. The highest BCUT2D eigenvalue weighted by molar-refractivity contribution is 4.73. The zero-order chi connectivity index (χ0) is 12.6. The Morgan fingerprint density at radius 2 is 1.44 bits per heavy atom. The van der Waals surface area contributed by atoms with Gasteiger partial charge in [-0.3, -0.25) is 0 Å². The molecule has 0 radical (unpaired) electrons. The topological polar surface area (TPSA) is 30.9 Å². The average molecular weight is 257 g/mol. The summed E-state index contributed by atoms with van der Waals surface area (Å²) >= 11 is 0. The number of hydrogen-bond donors (Lipinski definition) is 0. The van der Waals surface area contributed by atoms with Crippen LogP contribution in [0, 0.1) is 0 Å². The fourth-order valence-electron chi connectivity index (χ4n) is 2.61. The van der Waals surface area contributed by atoms with E-state index in [1.807, 2.05) is 0 Å². The van der Waals surface area contributed by atoms with E-state index in [0.717, 1.165) is 45.9 Å². The number of morpholine rings is 1. The molecule has 3 saturated heterocycles. The Balaban J connectivity index is 0.000000149. The summed E-state index contributed by atoms with van der Waals surface area (Å²) in [5, 5.41) is 0. The van der Waals surface area contributed by atoms with Crippen molar-refractivity contribution in [3.05, 3.63) is 0 Å². The van der Waals surface area contributed by atoms with Gasteiger partial charge in [0.2, 0.25) is 0 Å². The van der Waals surface area contributed by atoms with Gasteiger partial charge in [0, 0.05) is 26.3 Å². The smallest absolute Gasteiger partial charge is 0.0600 e. The number of rotatable bonds is 2. The van der Waals surface area contributed by atoms with Gasteiger partial charge in [0.15, 0.2) is 0 Å². The number of nitrogens with zero attached hydrogens (tertiary/aromatic N) is 1. The predicted octanol–water partition coefficient (Wildman–Crippen LogP) is 1.68. The van der Waals surface area contributed by atoms with Crippen molar-refractivity contribution in [3.63, 3.8) is 0 Å². The summed E-state index contributed by atoms with van der Waals surface area (Å²) in [6, 6.07) is 0. The molecular formula is C14H27NO3. The van der Waals surface area contributed by atoms with E-state index in [1.54, 1.807) is 0 Å². The predicted molar refractivity (Wildman–Crippen MR) is 70.9 cm³/mol. The minimum absolute atomic E-state index is 0.512. The Labute approximate surface area is 111 Å². The molecule has 4 nitrogen and oxygen atoms in total. The third kappa shape index (κ3) is 5.22. The van der Waals surface area contributed by atoms with Crippen molar-refractivity contribution in [1.29, 1.82) is 0 Å². The quantitative estimate of drug-likeness (QED) is 0.753. The van der Waals surface area contributed by atoms with Crippen molar-refractivity contribution in [3.8, 4) is 0 Å². The number of likely N-dealkylation sites (N-methyl/N-ethyl adjacent to an activating group) is 1. The fraction of sp³-hybridized carbons (Fsp3) is 1.00. The normalized spacial score (nSPS) is 33.2. The summed E-state index contributed by atoms with van der Waals surface area (Å²) in [6.45, 7) is 5.96. The molecule has 3 aliphatic rings. The summed E-state index contributed by atoms with van der Waals surface area (Å²) < 4.78 is 16.2. The third-order valence-corrected chi connectivity index (χ3v) is 3.81. The van der Waals surface area contributed by atoms with Crippen molar-refractivity contribution in [2.45, 2.75) is 44.3 Å². The molecule has 3 heterocycles. The van der Waals surface area contributed by atoms with Crippen LogP contribution in [0.25, 0.3) is 0 Å². The Morgan fingerprint density at radius 3 is 1.78 bits per heavy atom. The number of hydrogen-bond acceptors (Lipinski definition) is 4. The van der Waals surface area contributed by atoms with Crippen LogP contribution in [0.2, 0.25) is 0 Å². The van der Waals surface area contributed by atoms with Crippen LogP contribution in [0.15, 0.2) is 0 Å². The lowest BCUT2D eigenvalue weighted by Crippen LogP contribution is -2.32. The van der Waals surface area contributed by atoms with Crippen molar-refractivity contribution in [2.24, 2.45) is 0 Å². The van der Waals surface area contributed by atoms with Crippen LogP contribution in [-0.4, -0.2) is 63.7 Å². The van der Waals surface area contributed by atoms with Crippen molar-refractivity contribution in [1.82, 2.24) is 4.90 Å². The second-order valence-electron chi connectivity index (χ2n) is 5.42. The van der Waals surface area contributed by atoms with Gasteiger partial charge >= 0.3 is 0 Å². The fourth-order valence-corrected chi connectivity index (χ4v) is 2.61. The van der Waals surface area contributed by atoms with E-state index in [0.29, 0.717) is 12.2 Å². The van der Waals surface area contributed by atoms with Crippen LogP contribution in [0.4, 0.5) is 0 Å². The Bertz CT molecular complexity index is 193. The van der Waals surface area contributed by atoms with E-state index in [2.05, 4.69) is 11.9 Å². The second-order valence-corrected chi connectivity index (χ2v) is 5.42. The minimum Gasteiger partial charge on any atom is -0.379 e. The Morgan fingerprint density at radius 1 is 0.889 bits per heavy atom. The van der Waals surface area contributed by atoms with Gasteiger partial charge < -0.3 is 19.1 Å². The first kappa shape index (κ1) is 14.3. The molecule has 0 spiro atoms. The van der Waals surface area contributed by atoms with Crippen molar-refractivity contribution in [2.75, 3.05) is 46.6 Å². The lowest BCUT2D eigenvalue weighted by molar-refractivity contribution is 0.0366.